The van der Waals surface area contributed by atoms with Crippen molar-refractivity contribution in [2.45, 2.75) is 13.8 Å². The van der Waals surface area contributed by atoms with Crippen molar-refractivity contribution in [2.24, 2.45) is 5.73 Å². The van der Waals surface area contributed by atoms with E-state index >= 15 is 0 Å². The molecular formula is C4H11BNO5. The van der Waals surface area contributed by atoms with Gasteiger partial charge in [0, 0.05) is 13.8 Å². The first-order valence-electron chi connectivity index (χ1n) is 2.44. The molecule has 11 heavy (non-hydrogen) atoms. The summed E-state index contributed by atoms with van der Waals surface area (Å²) in [6.45, 7) is 2.39. The number of primary amides is 1. The van der Waals surface area contributed by atoms with Gasteiger partial charge in [-0.15, -0.1) is 0 Å². The molecule has 0 bridgehead atoms. The summed E-state index contributed by atoms with van der Waals surface area (Å²) >= 11 is 0. The molecule has 0 unspecified atom stereocenters. The SMILES string of the molecule is CC(=O)O.CC(N)=O.O[B]O. The maximum atomic E-state index is 9.22. The molecule has 0 aromatic carbocycles. The smallest absolute Gasteiger partial charge is 0.481 e. The zero-order chi connectivity index (χ0) is 9.86. The van der Waals surface area contributed by atoms with Gasteiger partial charge in [-0.1, -0.05) is 0 Å². The van der Waals surface area contributed by atoms with Crippen molar-refractivity contribution in [1.29, 1.82) is 0 Å². The molecule has 0 rings (SSSR count). The average Bonchev–Trinajstić information content (AvgIpc) is 1.60. The zero-order valence-corrected chi connectivity index (χ0v) is 6.31. The van der Waals surface area contributed by atoms with Crippen LogP contribution in [0.3, 0.4) is 0 Å². The van der Waals surface area contributed by atoms with Crippen LogP contribution in [0.4, 0.5) is 0 Å². The first kappa shape index (κ1) is 16.5. The Labute approximate surface area is 64.9 Å². The molecular weight excluding hydrogens is 153 g/mol. The van der Waals surface area contributed by atoms with E-state index in [1.165, 1.54) is 6.92 Å². The lowest BCUT2D eigenvalue weighted by atomic mass is 10.5. The normalized spacial score (nSPS) is 5.82. The minimum atomic E-state index is -0.833. The van der Waals surface area contributed by atoms with Crippen LogP contribution in [0.2, 0.25) is 0 Å². The predicted molar refractivity (Wildman–Crippen MR) is 38.4 cm³/mol. The molecule has 0 heterocycles. The second kappa shape index (κ2) is 16.0. The van der Waals surface area contributed by atoms with Crippen molar-refractivity contribution in [3.05, 3.63) is 0 Å². The van der Waals surface area contributed by atoms with Gasteiger partial charge >= 0.3 is 7.69 Å². The Balaban J connectivity index is -0.0000000886. The Morgan fingerprint density at radius 2 is 1.27 bits per heavy atom. The fourth-order valence-corrected chi connectivity index (χ4v) is 0. The summed E-state index contributed by atoms with van der Waals surface area (Å²) in [5.74, 6) is -1.17. The van der Waals surface area contributed by atoms with Gasteiger partial charge in [0.05, 0.1) is 0 Å². The molecule has 65 valence electrons. The second-order valence-corrected chi connectivity index (χ2v) is 1.25. The number of carboxylic acids is 1. The summed E-state index contributed by atoms with van der Waals surface area (Å²) in [6.07, 6.45) is 0. The van der Waals surface area contributed by atoms with Crippen LogP contribution in [0.25, 0.3) is 0 Å². The summed E-state index contributed by atoms with van der Waals surface area (Å²) in [6, 6.07) is 0. The summed E-state index contributed by atoms with van der Waals surface area (Å²) in [7, 11) is 0. The molecule has 0 aromatic rings. The number of nitrogens with two attached hydrogens (primary N) is 1. The van der Waals surface area contributed by atoms with Gasteiger partial charge in [0.2, 0.25) is 5.91 Å². The molecule has 0 aliphatic heterocycles. The van der Waals surface area contributed by atoms with E-state index in [0.29, 0.717) is 0 Å². The largest absolute Gasteiger partial charge is 0.482 e. The molecule has 0 fully saturated rings. The number of carboxylic acid groups (broad SMARTS) is 1. The van der Waals surface area contributed by atoms with Gasteiger partial charge < -0.3 is 20.9 Å². The Morgan fingerprint density at radius 1 is 1.27 bits per heavy atom. The van der Waals surface area contributed by atoms with E-state index < -0.39 is 5.97 Å². The Morgan fingerprint density at radius 3 is 1.27 bits per heavy atom. The Kier molecular flexibility index (Phi) is 23.9. The first-order chi connectivity index (χ1) is 4.88. The third-order valence-electron chi connectivity index (χ3n) is 0. The molecule has 6 nitrogen and oxygen atoms in total. The Bertz CT molecular complexity index is 86.7. The van der Waals surface area contributed by atoms with Crippen LogP contribution in [0.1, 0.15) is 13.8 Å². The van der Waals surface area contributed by atoms with E-state index in [1.807, 2.05) is 0 Å². The van der Waals surface area contributed by atoms with Crippen molar-refractivity contribution < 1.29 is 24.7 Å². The van der Waals surface area contributed by atoms with Crippen molar-refractivity contribution in [3.8, 4) is 0 Å². The zero-order valence-electron chi connectivity index (χ0n) is 6.31. The molecule has 1 amide bonds. The Hall–Kier alpha value is -1.08. The number of aliphatic carboxylic acids is 1. The summed E-state index contributed by atoms with van der Waals surface area (Å²) < 4.78 is 0. The molecule has 0 atom stereocenters. The highest BCUT2D eigenvalue weighted by Crippen LogP contribution is 1.42. The van der Waals surface area contributed by atoms with Crippen molar-refractivity contribution >= 4 is 19.6 Å². The topological polar surface area (TPSA) is 121 Å². The van der Waals surface area contributed by atoms with E-state index in [4.69, 9.17) is 19.9 Å². The van der Waals surface area contributed by atoms with Crippen LogP contribution >= 0.6 is 0 Å². The summed E-state index contributed by atoms with van der Waals surface area (Å²) in [5.41, 5.74) is 4.47. The molecule has 0 aliphatic rings. The molecule has 0 saturated carbocycles. The molecule has 0 aliphatic carbocycles. The van der Waals surface area contributed by atoms with Gasteiger partial charge in [0.25, 0.3) is 5.97 Å². The van der Waals surface area contributed by atoms with Crippen molar-refractivity contribution in [3.63, 3.8) is 0 Å². The van der Waals surface area contributed by atoms with Crippen LogP contribution in [-0.4, -0.2) is 34.7 Å². The highest BCUT2D eigenvalue weighted by molar-refractivity contribution is 6.13. The molecule has 1 radical (unpaired) electrons. The van der Waals surface area contributed by atoms with E-state index in [9.17, 15) is 4.79 Å². The molecule has 5 N–H and O–H groups in total. The molecule has 0 spiro atoms. The van der Waals surface area contributed by atoms with Gasteiger partial charge in [0.1, 0.15) is 0 Å². The average molecular weight is 164 g/mol. The summed E-state index contributed by atoms with van der Waals surface area (Å²) in [4.78, 5) is 18.2. The van der Waals surface area contributed by atoms with Gasteiger partial charge in [-0.2, -0.15) is 0 Å². The first-order valence-corrected chi connectivity index (χ1v) is 2.44. The quantitative estimate of drug-likeness (QED) is 0.311. The van der Waals surface area contributed by atoms with Crippen LogP contribution in [0.5, 0.6) is 0 Å². The highest BCUT2D eigenvalue weighted by Gasteiger charge is 1.65. The van der Waals surface area contributed by atoms with E-state index in [1.54, 1.807) is 0 Å². The van der Waals surface area contributed by atoms with Crippen molar-refractivity contribution in [2.75, 3.05) is 0 Å². The van der Waals surface area contributed by atoms with Crippen molar-refractivity contribution in [1.82, 2.24) is 0 Å². The number of hydrogen-bond acceptors (Lipinski definition) is 4. The van der Waals surface area contributed by atoms with Gasteiger partial charge in [-0.3, -0.25) is 9.59 Å². The fraction of sp³-hybridized carbons (Fsp3) is 0.500. The van der Waals surface area contributed by atoms with E-state index in [-0.39, 0.29) is 13.6 Å². The third-order valence-corrected chi connectivity index (χ3v) is 0. The second-order valence-electron chi connectivity index (χ2n) is 1.25. The maximum absolute atomic E-state index is 9.22. The van der Waals surface area contributed by atoms with Gasteiger partial charge in [0.15, 0.2) is 0 Å². The maximum Gasteiger partial charge on any atom is 0.482 e. The van der Waals surface area contributed by atoms with Crippen LogP contribution < -0.4 is 5.73 Å². The predicted octanol–water partition coefficient (Wildman–Crippen LogP) is -1.91. The molecule has 0 saturated heterocycles. The minimum Gasteiger partial charge on any atom is -0.481 e. The number of amides is 1. The number of carbonyl (C=O) groups is 2. The standard InChI is InChI=1S/C2H5NO.C2H4O2.BH2O2/c2*1-2(3)4;2-1-3/h1H3,(H2,3,4);1H3,(H,3,4);2-3H. The fourth-order valence-electron chi connectivity index (χ4n) is 0. The van der Waals surface area contributed by atoms with Crippen LogP contribution in [0.15, 0.2) is 0 Å². The third kappa shape index (κ3) is 370. The van der Waals surface area contributed by atoms with Crippen LogP contribution in [-0.2, 0) is 9.59 Å². The highest BCUT2D eigenvalue weighted by atomic mass is 16.4. The minimum absolute atomic E-state index is 0. The molecule has 7 heteroatoms. The van der Waals surface area contributed by atoms with Gasteiger partial charge in [-0.25, -0.2) is 0 Å². The monoisotopic (exact) mass is 164 g/mol. The lowest BCUT2D eigenvalue weighted by Gasteiger charge is -1.60. The van der Waals surface area contributed by atoms with E-state index in [0.717, 1.165) is 6.92 Å². The van der Waals surface area contributed by atoms with Crippen LogP contribution in [0, 0.1) is 0 Å². The number of hydrogen-bond donors (Lipinski definition) is 4. The van der Waals surface area contributed by atoms with E-state index in [2.05, 4.69) is 5.73 Å². The number of carbonyl (C=O) groups excluding carboxylic acids is 1. The lowest BCUT2D eigenvalue weighted by molar-refractivity contribution is -0.134. The number of rotatable bonds is 0. The molecule has 0 aromatic heterocycles. The lowest BCUT2D eigenvalue weighted by Crippen LogP contribution is -2.01. The van der Waals surface area contributed by atoms with Gasteiger partial charge in [-0.05, 0) is 0 Å². The summed E-state index contributed by atoms with van der Waals surface area (Å²) in [5, 5.41) is 21.4.